The van der Waals surface area contributed by atoms with E-state index < -0.39 is 24.2 Å². The maximum atomic E-state index is 13.4. The molecule has 0 unspecified atom stereocenters. The first-order valence-corrected chi connectivity index (χ1v) is 7.66. The molecule has 9 heteroatoms. The van der Waals surface area contributed by atoms with Crippen LogP contribution in [0.5, 0.6) is 5.75 Å². The van der Waals surface area contributed by atoms with Crippen molar-refractivity contribution in [1.82, 2.24) is 14.1 Å². The number of hydrogen-bond donors (Lipinski definition) is 0. The molecular formula is C17H15F4N3O2. The third-order valence-electron chi connectivity index (χ3n) is 3.85. The molecule has 0 aliphatic carbocycles. The largest absolute Gasteiger partial charge is 0.482 e. The molecule has 3 aromatic rings. The number of halogens is 4. The zero-order chi connectivity index (χ0) is 19.1. The predicted octanol–water partition coefficient (Wildman–Crippen LogP) is 3.17. The first-order chi connectivity index (χ1) is 12.2. The SMILES string of the molecule is Cc1nc2c(c(OCC(F)(F)F)cn2C)c(=O)n1Cc1cccc(F)c1. The Morgan fingerprint density at radius 3 is 2.65 bits per heavy atom. The average Bonchev–Trinajstić information content (AvgIpc) is 2.85. The third-order valence-corrected chi connectivity index (χ3v) is 3.85. The summed E-state index contributed by atoms with van der Waals surface area (Å²) >= 11 is 0. The van der Waals surface area contributed by atoms with E-state index in [0.717, 1.165) is 0 Å². The number of hydrogen-bond acceptors (Lipinski definition) is 3. The van der Waals surface area contributed by atoms with Gasteiger partial charge >= 0.3 is 6.18 Å². The minimum Gasteiger partial charge on any atom is -0.482 e. The fraction of sp³-hybridized carbons (Fsp3) is 0.294. The van der Waals surface area contributed by atoms with E-state index in [9.17, 15) is 22.4 Å². The van der Waals surface area contributed by atoms with Gasteiger partial charge in [0.25, 0.3) is 5.56 Å². The number of benzene rings is 1. The average molecular weight is 369 g/mol. The van der Waals surface area contributed by atoms with Gasteiger partial charge in [0, 0.05) is 13.2 Å². The lowest BCUT2D eigenvalue weighted by atomic mass is 10.2. The van der Waals surface area contributed by atoms with Crippen molar-refractivity contribution < 1.29 is 22.3 Å². The van der Waals surface area contributed by atoms with Gasteiger partial charge in [-0.15, -0.1) is 0 Å². The molecule has 0 fully saturated rings. The molecule has 0 saturated heterocycles. The lowest BCUT2D eigenvalue weighted by molar-refractivity contribution is -0.153. The number of rotatable bonds is 4. The van der Waals surface area contributed by atoms with Crippen molar-refractivity contribution >= 4 is 11.0 Å². The highest BCUT2D eigenvalue weighted by molar-refractivity contribution is 5.82. The molecule has 0 aliphatic heterocycles. The summed E-state index contributed by atoms with van der Waals surface area (Å²) in [5.74, 6) is -0.281. The number of fused-ring (bicyclic) bond motifs is 1. The highest BCUT2D eigenvalue weighted by atomic mass is 19.4. The van der Waals surface area contributed by atoms with Crippen LogP contribution in [-0.4, -0.2) is 26.9 Å². The summed E-state index contributed by atoms with van der Waals surface area (Å²) in [6.45, 7) is 0.131. The van der Waals surface area contributed by atoms with Gasteiger partial charge in [-0.2, -0.15) is 13.2 Å². The maximum Gasteiger partial charge on any atom is 0.422 e. The molecule has 3 rings (SSSR count). The molecule has 26 heavy (non-hydrogen) atoms. The quantitative estimate of drug-likeness (QED) is 0.664. The predicted molar refractivity (Wildman–Crippen MR) is 86.8 cm³/mol. The van der Waals surface area contributed by atoms with Gasteiger partial charge in [0.05, 0.1) is 6.54 Å². The molecule has 0 radical (unpaired) electrons. The van der Waals surface area contributed by atoms with Crippen LogP contribution < -0.4 is 10.3 Å². The van der Waals surface area contributed by atoms with Crippen LogP contribution in [0.15, 0.2) is 35.3 Å². The Bertz CT molecular complexity index is 1020. The fourth-order valence-corrected chi connectivity index (χ4v) is 2.69. The van der Waals surface area contributed by atoms with E-state index in [1.54, 1.807) is 20.0 Å². The summed E-state index contributed by atoms with van der Waals surface area (Å²) < 4.78 is 58.2. The van der Waals surface area contributed by atoms with Gasteiger partial charge in [-0.25, -0.2) is 9.37 Å². The van der Waals surface area contributed by atoms with Gasteiger partial charge in [-0.1, -0.05) is 12.1 Å². The molecule has 0 amide bonds. The molecule has 2 aromatic heterocycles. The second kappa shape index (κ2) is 6.47. The van der Waals surface area contributed by atoms with E-state index in [2.05, 4.69) is 4.98 Å². The highest BCUT2D eigenvalue weighted by Gasteiger charge is 2.29. The molecule has 5 nitrogen and oxygen atoms in total. The van der Waals surface area contributed by atoms with E-state index in [1.807, 2.05) is 0 Å². The first kappa shape index (κ1) is 18.0. The van der Waals surface area contributed by atoms with Crippen LogP contribution in [0, 0.1) is 12.7 Å². The van der Waals surface area contributed by atoms with Crippen molar-refractivity contribution in [2.45, 2.75) is 19.6 Å². The molecule has 138 valence electrons. The molecular weight excluding hydrogens is 354 g/mol. The maximum absolute atomic E-state index is 13.4. The van der Waals surface area contributed by atoms with E-state index in [0.29, 0.717) is 11.4 Å². The molecule has 0 N–H and O–H groups in total. The Morgan fingerprint density at radius 1 is 1.27 bits per heavy atom. The monoisotopic (exact) mass is 369 g/mol. The number of alkyl halides is 3. The topological polar surface area (TPSA) is 49.1 Å². The molecule has 0 saturated carbocycles. The summed E-state index contributed by atoms with van der Waals surface area (Å²) in [5, 5.41) is -0.0428. The Hall–Kier alpha value is -2.84. The van der Waals surface area contributed by atoms with Gasteiger partial charge in [0.2, 0.25) is 0 Å². The molecule has 0 aliphatic rings. The van der Waals surface area contributed by atoms with Gasteiger partial charge in [0.15, 0.2) is 18.0 Å². The van der Waals surface area contributed by atoms with Crippen molar-refractivity contribution in [3.63, 3.8) is 0 Å². The van der Waals surface area contributed by atoms with Crippen LogP contribution in [0.3, 0.4) is 0 Å². The van der Waals surface area contributed by atoms with E-state index in [-0.39, 0.29) is 23.3 Å². The van der Waals surface area contributed by atoms with Crippen molar-refractivity contribution in [2.24, 2.45) is 7.05 Å². The highest BCUT2D eigenvalue weighted by Crippen LogP contribution is 2.26. The second-order valence-electron chi connectivity index (χ2n) is 5.89. The smallest absolute Gasteiger partial charge is 0.422 e. The first-order valence-electron chi connectivity index (χ1n) is 7.66. The minimum atomic E-state index is -4.53. The minimum absolute atomic E-state index is 0.0406. The lowest BCUT2D eigenvalue weighted by Gasteiger charge is -2.11. The summed E-state index contributed by atoms with van der Waals surface area (Å²) in [4.78, 5) is 17.1. The third kappa shape index (κ3) is 3.56. The van der Waals surface area contributed by atoms with Crippen LogP contribution in [0.4, 0.5) is 17.6 Å². The Labute approximate surface area is 145 Å². The van der Waals surface area contributed by atoms with Crippen LogP contribution >= 0.6 is 0 Å². The summed E-state index contributed by atoms with van der Waals surface area (Å²) in [7, 11) is 1.56. The van der Waals surface area contributed by atoms with Crippen LogP contribution in [0.25, 0.3) is 11.0 Å². The summed E-state index contributed by atoms with van der Waals surface area (Å²) in [6.07, 6.45) is -3.24. The number of aromatic nitrogens is 3. The zero-order valence-corrected chi connectivity index (χ0v) is 14.0. The fourth-order valence-electron chi connectivity index (χ4n) is 2.69. The second-order valence-corrected chi connectivity index (χ2v) is 5.89. The summed E-state index contributed by atoms with van der Waals surface area (Å²) in [5.41, 5.74) is 0.208. The van der Waals surface area contributed by atoms with Crippen molar-refractivity contribution in [2.75, 3.05) is 6.61 Å². The van der Waals surface area contributed by atoms with Crippen LogP contribution in [0.2, 0.25) is 0 Å². The molecule has 2 heterocycles. The van der Waals surface area contributed by atoms with E-state index >= 15 is 0 Å². The number of nitrogens with zero attached hydrogens (tertiary/aromatic N) is 3. The number of aryl methyl sites for hydroxylation is 2. The molecule has 1 aromatic carbocycles. The molecule has 0 bridgehead atoms. The van der Waals surface area contributed by atoms with Crippen LogP contribution in [-0.2, 0) is 13.6 Å². The Kier molecular flexibility index (Phi) is 4.47. The molecule has 0 spiro atoms. The van der Waals surface area contributed by atoms with E-state index in [4.69, 9.17) is 4.74 Å². The standard InChI is InChI=1S/C17H15F4N3O2/c1-10-22-15-14(13(8-23(15)2)26-9-17(19,20)21)16(25)24(10)7-11-4-3-5-12(18)6-11/h3-6,8H,7,9H2,1-2H3. The van der Waals surface area contributed by atoms with Crippen molar-refractivity contribution in [3.8, 4) is 5.75 Å². The number of ether oxygens (including phenoxy) is 1. The lowest BCUT2D eigenvalue weighted by Crippen LogP contribution is -2.25. The zero-order valence-electron chi connectivity index (χ0n) is 14.0. The van der Waals surface area contributed by atoms with Crippen molar-refractivity contribution in [3.05, 3.63) is 58.0 Å². The summed E-state index contributed by atoms with van der Waals surface area (Å²) in [6, 6.07) is 5.71. The van der Waals surface area contributed by atoms with E-state index in [1.165, 1.54) is 33.5 Å². The van der Waals surface area contributed by atoms with Gasteiger partial charge < -0.3 is 9.30 Å². The molecule has 0 atom stereocenters. The van der Waals surface area contributed by atoms with Crippen LogP contribution in [0.1, 0.15) is 11.4 Å². The Balaban J connectivity index is 2.09. The Morgan fingerprint density at radius 2 is 2.00 bits per heavy atom. The van der Waals surface area contributed by atoms with Gasteiger partial charge in [-0.3, -0.25) is 9.36 Å². The van der Waals surface area contributed by atoms with Gasteiger partial charge in [0.1, 0.15) is 17.0 Å². The van der Waals surface area contributed by atoms with Gasteiger partial charge in [-0.05, 0) is 24.6 Å². The van der Waals surface area contributed by atoms with Crippen molar-refractivity contribution in [1.29, 1.82) is 0 Å². The normalized spacial score (nSPS) is 11.9.